The van der Waals surface area contributed by atoms with Gasteiger partial charge in [0.2, 0.25) is 0 Å². The standard InChI is InChI=1S/C13H14N2O2/c16-12-11-7-4-8-14(11)13(17)15(12)9-10-5-2-1-3-6-10/h1-3,5-6,11H,4,7-9H2/t11-/m0/s1. The molecular formula is C13H14N2O2. The van der Waals surface area contributed by atoms with Gasteiger partial charge in [-0.3, -0.25) is 9.69 Å². The Morgan fingerprint density at radius 3 is 2.65 bits per heavy atom. The first-order valence-electron chi connectivity index (χ1n) is 5.93. The van der Waals surface area contributed by atoms with E-state index in [9.17, 15) is 9.59 Å². The van der Waals surface area contributed by atoms with Gasteiger partial charge in [0.05, 0.1) is 6.54 Å². The third-order valence-electron chi connectivity index (χ3n) is 3.46. The van der Waals surface area contributed by atoms with Crippen LogP contribution >= 0.6 is 0 Å². The van der Waals surface area contributed by atoms with E-state index in [0.717, 1.165) is 24.9 Å². The lowest BCUT2D eigenvalue weighted by Gasteiger charge is -2.15. The summed E-state index contributed by atoms with van der Waals surface area (Å²) >= 11 is 0. The molecule has 0 N–H and O–H groups in total. The lowest BCUT2D eigenvalue weighted by atomic mass is 10.2. The van der Waals surface area contributed by atoms with Crippen LogP contribution in [0.25, 0.3) is 0 Å². The minimum absolute atomic E-state index is 0.0312. The van der Waals surface area contributed by atoms with E-state index in [1.807, 2.05) is 30.3 Å². The van der Waals surface area contributed by atoms with Crippen LogP contribution in [0.2, 0.25) is 0 Å². The zero-order valence-electron chi connectivity index (χ0n) is 9.50. The summed E-state index contributed by atoms with van der Waals surface area (Å²) in [6, 6.07) is 9.32. The number of amides is 3. The molecule has 2 fully saturated rings. The van der Waals surface area contributed by atoms with Crippen LogP contribution in [0.1, 0.15) is 18.4 Å². The number of imide groups is 1. The molecule has 2 heterocycles. The van der Waals surface area contributed by atoms with Crippen LogP contribution < -0.4 is 0 Å². The topological polar surface area (TPSA) is 40.6 Å². The normalized spacial score (nSPS) is 23.4. The average Bonchev–Trinajstić information content (AvgIpc) is 2.91. The molecule has 3 rings (SSSR count). The van der Waals surface area contributed by atoms with Crippen molar-refractivity contribution in [1.82, 2.24) is 9.80 Å². The summed E-state index contributed by atoms with van der Waals surface area (Å²) in [6.45, 7) is 1.12. The predicted molar refractivity (Wildman–Crippen MR) is 62.1 cm³/mol. The van der Waals surface area contributed by atoms with Gasteiger partial charge in [0, 0.05) is 6.54 Å². The van der Waals surface area contributed by atoms with Gasteiger partial charge in [-0.15, -0.1) is 0 Å². The quantitative estimate of drug-likeness (QED) is 0.724. The molecule has 0 bridgehead atoms. The maximum absolute atomic E-state index is 12.1. The van der Waals surface area contributed by atoms with E-state index < -0.39 is 0 Å². The van der Waals surface area contributed by atoms with Crippen molar-refractivity contribution in [3.05, 3.63) is 35.9 Å². The molecule has 0 saturated carbocycles. The Kier molecular flexibility index (Phi) is 2.35. The minimum atomic E-state index is -0.189. The summed E-state index contributed by atoms with van der Waals surface area (Å²) in [5.41, 5.74) is 0.996. The Bertz CT molecular complexity index is 436. The third kappa shape index (κ3) is 1.60. The molecule has 0 radical (unpaired) electrons. The Balaban J connectivity index is 1.81. The number of hydrogen-bond donors (Lipinski definition) is 0. The van der Waals surface area contributed by atoms with Crippen LogP contribution in [-0.4, -0.2) is 34.3 Å². The molecule has 0 unspecified atom stereocenters. The number of rotatable bonds is 2. The van der Waals surface area contributed by atoms with Crippen LogP contribution in [0.4, 0.5) is 4.79 Å². The van der Waals surface area contributed by atoms with Crippen molar-refractivity contribution in [2.45, 2.75) is 25.4 Å². The van der Waals surface area contributed by atoms with Crippen molar-refractivity contribution < 1.29 is 9.59 Å². The highest BCUT2D eigenvalue weighted by Crippen LogP contribution is 2.28. The number of fused-ring (bicyclic) bond motifs is 1. The maximum Gasteiger partial charge on any atom is 0.327 e. The Labute approximate surface area is 99.8 Å². The molecule has 0 aromatic heterocycles. The molecular weight excluding hydrogens is 216 g/mol. The number of urea groups is 1. The van der Waals surface area contributed by atoms with Crippen LogP contribution in [0.5, 0.6) is 0 Å². The SMILES string of the molecule is O=C1[C@@H]2CCCN2C(=O)N1Cc1ccccc1. The van der Waals surface area contributed by atoms with E-state index in [-0.39, 0.29) is 18.0 Å². The molecule has 3 amide bonds. The fraction of sp³-hybridized carbons (Fsp3) is 0.385. The van der Waals surface area contributed by atoms with Gasteiger partial charge < -0.3 is 4.90 Å². The number of hydrogen-bond acceptors (Lipinski definition) is 2. The first-order valence-corrected chi connectivity index (χ1v) is 5.93. The van der Waals surface area contributed by atoms with Gasteiger partial charge in [-0.25, -0.2) is 4.79 Å². The number of carbonyl (C=O) groups excluding carboxylic acids is 2. The molecule has 0 aliphatic carbocycles. The highest BCUT2D eigenvalue weighted by Gasteiger charge is 2.46. The van der Waals surface area contributed by atoms with Crippen LogP contribution in [0.3, 0.4) is 0 Å². The summed E-state index contributed by atoms with van der Waals surface area (Å²) in [4.78, 5) is 27.2. The molecule has 1 aromatic rings. The van der Waals surface area contributed by atoms with Crippen LogP contribution in [0.15, 0.2) is 30.3 Å². The number of benzene rings is 1. The van der Waals surface area contributed by atoms with Gasteiger partial charge in [0.25, 0.3) is 5.91 Å². The molecule has 1 aromatic carbocycles. The maximum atomic E-state index is 12.1. The molecule has 4 heteroatoms. The Hall–Kier alpha value is -1.84. The molecule has 4 nitrogen and oxygen atoms in total. The van der Waals surface area contributed by atoms with Crippen molar-refractivity contribution in [2.24, 2.45) is 0 Å². The zero-order valence-corrected chi connectivity index (χ0v) is 9.50. The highest BCUT2D eigenvalue weighted by molar-refractivity contribution is 6.04. The van der Waals surface area contributed by atoms with Gasteiger partial charge in [-0.05, 0) is 18.4 Å². The second kappa shape index (κ2) is 3.87. The third-order valence-corrected chi connectivity index (χ3v) is 3.46. The van der Waals surface area contributed by atoms with E-state index in [1.54, 1.807) is 4.90 Å². The molecule has 1 atom stereocenters. The Morgan fingerprint density at radius 2 is 1.94 bits per heavy atom. The van der Waals surface area contributed by atoms with Crippen molar-refractivity contribution >= 4 is 11.9 Å². The zero-order chi connectivity index (χ0) is 11.8. The van der Waals surface area contributed by atoms with Gasteiger partial charge in [0.15, 0.2) is 0 Å². The highest BCUT2D eigenvalue weighted by atomic mass is 16.2. The molecule has 2 aliphatic rings. The smallest absolute Gasteiger partial charge is 0.312 e. The van der Waals surface area contributed by atoms with E-state index in [4.69, 9.17) is 0 Å². The Morgan fingerprint density at radius 1 is 1.18 bits per heavy atom. The van der Waals surface area contributed by atoms with Gasteiger partial charge in [-0.2, -0.15) is 0 Å². The fourth-order valence-corrected chi connectivity index (χ4v) is 2.59. The molecule has 88 valence electrons. The van der Waals surface area contributed by atoms with Crippen molar-refractivity contribution in [2.75, 3.05) is 6.54 Å². The lowest BCUT2D eigenvalue weighted by molar-refractivity contribution is -0.128. The number of carbonyl (C=O) groups is 2. The lowest BCUT2D eigenvalue weighted by Crippen LogP contribution is -2.32. The largest absolute Gasteiger partial charge is 0.327 e. The monoisotopic (exact) mass is 230 g/mol. The molecule has 2 saturated heterocycles. The summed E-state index contributed by atoms with van der Waals surface area (Å²) in [7, 11) is 0. The predicted octanol–water partition coefficient (Wildman–Crippen LogP) is 1.61. The second-order valence-electron chi connectivity index (χ2n) is 4.54. The second-order valence-corrected chi connectivity index (χ2v) is 4.54. The van der Waals surface area contributed by atoms with Crippen molar-refractivity contribution in [1.29, 1.82) is 0 Å². The number of nitrogens with zero attached hydrogens (tertiary/aromatic N) is 2. The first kappa shape index (κ1) is 10.3. The average molecular weight is 230 g/mol. The van der Waals surface area contributed by atoms with Gasteiger partial charge in [-0.1, -0.05) is 30.3 Å². The summed E-state index contributed by atoms with van der Waals surface area (Å²) in [5.74, 6) is -0.0312. The summed E-state index contributed by atoms with van der Waals surface area (Å²) < 4.78 is 0. The minimum Gasteiger partial charge on any atom is -0.312 e. The first-order chi connectivity index (χ1) is 8.27. The van der Waals surface area contributed by atoms with E-state index in [2.05, 4.69) is 0 Å². The molecule has 17 heavy (non-hydrogen) atoms. The van der Waals surface area contributed by atoms with E-state index in [0.29, 0.717) is 6.54 Å². The van der Waals surface area contributed by atoms with Gasteiger partial charge >= 0.3 is 6.03 Å². The fourth-order valence-electron chi connectivity index (χ4n) is 2.59. The molecule has 2 aliphatic heterocycles. The van der Waals surface area contributed by atoms with Gasteiger partial charge in [0.1, 0.15) is 6.04 Å². The molecule has 0 spiro atoms. The van der Waals surface area contributed by atoms with E-state index in [1.165, 1.54) is 4.90 Å². The summed E-state index contributed by atoms with van der Waals surface area (Å²) in [5, 5.41) is 0. The van der Waals surface area contributed by atoms with Crippen LogP contribution in [0, 0.1) is 0 Å². The van der Waals surface area contributed by atoms with Crippen molar-refractivity contribution in [3.63, 3.8) is 0 Å². The van der Waals surface area contributed by atoms with Crippen molar-refractivity contribution in [3.8, 4) is 0 Å². The van der Waals surface area contributed by atoms with E-state index >= 15 is 0 Å². The van der Waals surface area contributed by atoms with Crippen LogP contribution in [-0.2, 0) is 11.3 Å². The summed E-state index contributed by atoms with van der Waals surface area (Å²) in [6.07, 6.45) is 1.76.